The van der Waals surface area contributed by atoms with Crippen LogP contribution in [0.5, 0.6) is 0 Å². The lowest BCUT2D eigenvalue weighted by atomic mass is 9.95. The summed E-state index contributed by atoms with van der Waals surface area (Å²) in [5.41, 5.74) is -0.0675. The molecule has 2 rings (SSSR count). The van der Waals surface area contributed by atoms with Crippen LogP contribution < -0.4 is 0 Å². The van der Waals surface area contributed by atoms with Crippen molar-refractivity contribution in [2.75, 3.05) is 19.3 Å². The van der Waals surface area contributed by atoms with Crippen molar-refractivity contribution >= 4 is 15.7 Å². The van der Waals surface area contributed by atoms with Crippen LogP contribution >= 0.6 is 0 Å². The maximum Gasteiger partial charge on any atom is 0.227 e. The molecule has 0 radical (unpaired) electrons. The summed E-state index contributed by atoms with van der Waals surface area (Å²) in [5, 5.41) is 10.1. The molecule has 1 saturated heterocycles. The summed E-state index contributed by atoms with van der Waals surface area (Å²) in [7, 11) is -3.21. The van der Waals surface area contributed by atoms with Gasteiger partial charge < -0.3 is 10.0 Å². The van der Waals surface area contributed by atoms with Crippen LogP contribution in [0.15, 0.2) is 29.2 Å². The average molecular weight is 311 g/mol. The fourth-order valence-corrected chi connectivity index (χ4v) is 3.10. The monoisotopic (exact) mass is 311 g/mol. The minimum absolute atomic E-state index is 0.0493. The highest BCUT2D eigenvalue weighted by Gasteiger charge is 2.40. The molecular formula is C15H21NO4S. The molecule has 116 valence electrons. The fraction of sp³-hybridized carbons (Fsp3) is 0.533. The molecule has 2 atom stereocenters. The van der Waals surface area contributed by atoms with E-state index in [1.165, 1.54) is 12.1 Å². The van der Waals surface area contributed by atoms with Gasteiger partial charge in [0.2, 0.25) is 5.91 Å². The van der Waals surface area contributed by atoms with Crippen molar-refractivity contribution in [1.82, 2.24) is 4.90 Å². The summed E-state index contributed by atoms with van der Waals surface area (Å²) in [6, 6.07) is 6.35. The van der Waals surface area contributed by atoms with Crippen LogP contribution in [0.2, 0.25) is 0 Å². The Morgan fingerprint density at radius 1 is 1.38 bits per heavy atom. The number of carbonyl (C=O) groups excluding carboxylic acids is 1. The molecule has 5 nitrogen and oxygen atoms in total. The first-order chi connectivity index (χ1) is 9.59. The van der Waals surface area contributed by atoms with E-state index in [1.807, 2.05) is 6.92 Å². The molecule has 0 saturated carbocycles. The van der Waals surface area contributed by atoms with Crippen molar-refractivity contribution in [3.8, 4) is 0 Å². The lowest BCUT2D eigenvalue weighted by Gasteiger charge is -2.20. The van der Waals surface area contributed by atoms with E-state index in [1.54, 1.807) is 24.0 Å². The molecule has 0 spiro atoms. The van der Waals surface area contributed by atoms with E-state index in [2.05, 4.69) is 0 Å². The molecule has 0 aliphatic carbocycles. The van der Waals surface area contributed by atoms with Crippen molar-refractivity contribution in [3.05, 3.63) is 29.8 Å². The smallest absolute Gasteiger partial charge is 0.227 e. The van der Waals surface area contributed by atoms with Crippen LogP contribution in [0.25, 0.3) is 0 Å². The third kappa shape index (κ3) is 3.63. The lowest BCUT2D eigenvalue weighted by Crippen LogP contribution is -2.35. The predicted molar refractivity (Wildman–Crippen MR) is 79.6 cm³/mol. The Labute approximate surface area is 125 Å². The SMILES string of the molecule is C[C@H]1CN(C(=O)Cc2ccc(S(C)(=O)=O)cc2)C[C@@]1(C)O. The van der Waals surface area contributed by atoms with Gasteiger partial charge in [0.25, 0.3) is 0 Å². The number of carbonyl (C=O) groups is 1. The molecule has 1 amide bonds. The van der Waals surface area contributed by atoms with Crippen LogP contribution in [0.4, 0.5) is 0 Å². The standard InChI is InChI=1S/C15H21NO4S/c1-11-9-16(10-15(11,2)18)14(17)8-12-4-6-13(7-5-12)21(3,19)20/h4-7,11,18H,8-10H2,1-3H3/t11-,15+/m0/s1. The van der Waals surface area contributed by atoms with E-state index in [9.17, 15) is 18.3 Å². The number of benzene rings is 1. The van der Waals surface area contributed by atoms with Gasteiger partial charge in [0.1, 0.15) is 0 Å². The molecule has 1 aliphatic rings. The van der Waals surface area contributed by atoms with Crippen LogP contribution in [0, 0.1) is 5.92 Å². The highest BCUT2D eigenvalue weighted by Crippen LogP contribution is 2.27. The third-order valence-corrected chi connectivity index (χ3v) is 5.25. The summed E-state index contributed by atoms with van der Waals surface area (Å²) < 4.78 is 22.8. The zero-order valence-electron chi connectivity index (χ0n) is 12.5. The maximum atomic E-state index is 12.2. The normalized spacial score (nSPS) is 26.1. The van der Waals surface area contributed by atoms with E-state index in [0.717, 1.165) is 11.8 Å². The first kappa shape index (κ1) is 16.0. The van der Waals surface area contributed by atoms with E-state index in [4.69, 9.17) is 0 Å². The predicted octanol–water partition coefficient (Wildman–Crippen LogP) is 0.862. The number of aliphatic hydroxyl groups is 1. The van der Waals surface area contributed by atoms with Gasteiger partial charge in [-0.25, -0.2) is 8.42 Å². The van der Waals surface area contributed by atoms with Crippen molar-refractivity contribution in [3.63, 3.8) is 0 Å². The van der Waals surface area contributed by atoms with E-state index in [0.29, 0.717) is 13.1 Å². The minimum Gasteiger partial charge on any atom is -0.388 e. The largest absolute Gasteiger partial charge is 0.388 e. The first-order valence-electron chi connectivity index (χ1n) is 6.89. The van der Waals surface area contributed by atoms with Gasteiger partial charge in [-0.1, -0.05) is 19.1 Å². The quantitative estimate of drug-likeness (QED) is 0.898. The molecule has 1 aromatic carbocycles. The van der Waals surface area contributed by atoms with Gasteiger partial charge in [0, 0.05) is 25.3 Å². The minimum atomic E-state index is -3.21. The summed E-state index contributed by atoms with van der Waals surface area (Å²) in [6.07, 6.45) is 1.37. The number of likely N-dealkylation sites (tertiary alicyclic amines) is 1. The first-order valence-corrected chi connectivity index (χ1v) is 8.78. The highest BCUT2D eigenvalue weighted by molar-refractivity contribution is 7.90. The van der Waals surface area contributed by atoms with E-state index < -0.39 is 15.4 Å². The number of nitrogens with zero attached hydrogens (tertiary/aromatic N) is 1. The van der Waals surface area contributed by atoms with Gasteiger partial charge in [-0.05, 0) is 24.6 Å². The molecule has 21 heavy (non-hydrogen) atoms. The number of hydrogen-bond donors (Lipinski definition) is 1. The summed E-state index contributed by atoms with van der Waals surface area (Å²) in [4.78, 5) is 14.1. The zero-order valence-corrected chi connectivity index (χ0v) is 13.4. The molecule has 0 aromatic heterocycles. The number of sulfone groups is 1. The third-order valence-electron chi connectivity index (χ3n) is 4.13. The van der Waals surface area contributed by atoms with Crippen molar-refractivity contribution in [1.29, 1.82) is 0 Å². The zero-order chi connectivity index (χ0) is 15.8. The molecule has 1 fully saturated rings. The van der Waals surface area contributed by atoms with Gasteiger partial charge in [-0.2, -0.15) is 0 Å². The van der Waals surface area contributed by atoms with Crippen molar-refractivity contribution in [2.45, 2.75) is 30.8 Å². The van der Waals surface area contributed by atoms with Crippen LogP contribution in [0.3, 0.4) is 0 Å². The fourth-order valence-electron chi connectivity index (χ4n) is 2.46. The summed E-state index contributed by atoms with van der Waals surface area (Å²) in [6.45, 7) is 4.56. The van der Waals surface area contributed by atoms with Crippen LogP contribution in [-0.2, 0) is 21.1 Å². The molecular weight excluding hydrogens is 290 g/mol. The Balaban J connectivity index is 2.04. The average Bonchev–Trinajstić information content (AvgIpc) is 2.63. The lowest BCUT2D eigenvalue weighted by molar-refractivity contribution is -0.130. The number of hydrogen-bond acceptors (Lipinski definition) is 4. The van der Waals surface area contributed by atoms with Crippen molar-refractivity contribution in [2.24, 2.45) is 5.92 Å². The number of amides is 1. The van der Waals surface area contributed by atoms with Crippen LogP contribution in [-0.4, -0.2) is 49.3 Å². The van der Waals surface area contributed by atoms with Crippen LogP contribution in [0.1, 0.15) is 19.4 Å². The van der Waals surface area contributed by atoms with E-state index >= 15 is 0 Å². The Morgan fingerprint density at radius 3 is 2.38 bits per heavy atom. The maximum absolute atomic E-state index is 12.2. The Morgan fingerprint density at radius 2 is 1.95 bits per heavy atom. The second-order valence-electron chi connectivity index (χ2n) is 6.13. The molecule has 6 heteroatoms. The van der Waals surface area contributed by atoms with Gasteiger partial charge in [-0.3, -0.25) is 4.79 Å². The molecule has 0 bridgehead atoms. The summed E-state index contributed by atoms with van der Waals surface area (Å²) >= 11 is 0. The molecule has 1 heterocycles. The topological polar surface area (TPSA) is 74.7 Å². The Kier molecular flexibility index (Phi) is 4.13. The Hall–Kier alpha value is -1.40. The number of β-amino-alcohol motifs (C(OH)–C–C–N with tert-alkyl or cyclic N) is 1. The van der Waals surface area contributed by atoms with Gasteiger partial charge >= 0.3 is 0 Å². The van der Waals surface area contributed by atoms with Crippen molar-refractivity contribution < 1.29 is 18.3 Å². The van der Waals surface area contributed by atoms with Gasteiger partial charge in [0.15, 0.2) is 9.84 Å². The number of rotatable bonds is 3. The molecule has 1 aliphatic heterocycles. The highest BCUT2D eigenvalue weighted by atomic mass is 32.2. The second-order valence-corrected chi connectivity index (χ2v) is 8.14. The molecule has 1 aromatic rings. The van der Waals surface area contributed by atoms with E-state index in [-0.39, 0.29) is 23.1 Å². The molecule has 1 N–H and O–H groups in total. The van der Waals surface area contributed by atoms with Gasteiger partial charge in [-0.15, -0.1) is 0 Å². The second kappa shape index (κ2) is 5.42. The summed E-state index contributed by atoms with van der Waals surface area (Å²) in [5.74, 6) is 0.000732. The molecule has 0 unspecified atom stereocenters. The Bertz CT molecular complexity index is 634. The van der Waals surface area contributed by atoms with Gasteiger partial charge in [0.05, 0.1) is 16.9 Å².